The van der Waals surface area contributed by atoms with Crippen LogP contribution in [0.2, 0.25) is 0 Å². The molecular weight excluding hydrogens is 274 g/mol. The van der Waals surface area contributed by atoms with Crippen molar-refractivity contribution >= 4 is 11.6 Å². The summed E-state index contributed by atoms with van der Waals surface area (Å²) >= 11 is 5.53. The molecular formula is C16H24ClNO2. The van der Waals surface area contributed by atoms with Crippen molar-refractivity contribution in [2.75, 3.05) is 13.2 Å². The molecule has 0 saturated heterocycles. The second-order valence-corrected chi connectivity index (χ2v) is 5.71. The lowest BCUT2D eigenvalue weighted by molar-refractivity contribution is 0.292. The molecule has 0 fully saturated rings. The van der Waals surface area contributed by atoms with Gasteiger partial charge in [0.1, 0.15) is 6.61 Å². The minimum Gasteiger partial charge on any atom is -0.490 e. The van der Waals surface area contributed by atoms with Crippen LogP contribution >= 0.6 is 11.6 Å². The Kier molecular flexibility index (Phi) is 6.89. The van der Waals surface area contributed by atoms with E-state index in [1.165, 1.54) is 5.54 Å². The molecule has 112 valence electrons. The Morgan fingerprint density at radius 3 is 2.60 bits per heavy atom. The number of hydrogen-bond acceptors (Lipinski definition) is 3. The molecule has 0 aliphatic rings. The number of benzene rings is 1. The van der Waals surface area contributed by atoms with Crippen molar-refractivity contribution in [3.05, 3.63) is 35.4 Å². The van der Waals surface area contributed by atoms with Gasteiger partial charge in [-0.25, -0.2) is 0 Å². The average molecular weight is 298 g/mol. The first-order valence-corrected chi connectivity index (χ1v) is 7.29. The van der Waals surface area contributed by atoms with E-state index in [1.807, 2.05) is 25.1 Å². The van der Waals surface area contributed by atoms with Gasteiger partial charge in [0.15, 0.2) is 11.5 Å². The van der Waals surface area contributed by atoms with Crippen molar-refractivity contribution in [1.82, 2.24) is 5.32 Å². The standard InChI is InChI=1S/C16H24ClNO2/c1-5-19-14-9-6-8-13(12-18-16(2,3)4)15(14)20-11-7-10-17/h6-10,18H,5,11-12H2,1-4H3. The van der Waals surface area contributed by atoms with Gasteiger partial charge in [-0.15, -0.1) is 0 Å². The second-order valence-electron chi connectivity index (χ2n) is 5.45. The topological polar surface area (TPSA) is 30.5 Å². The zero-order valence-electron chi connectivity index (χ0n) is 12.7. The summed E-state index contributed by atoms with van der Waals surface area (Å²) in [4.78, 5) is 0. The largest absolute Gasteiger partial charge is 0.490 e. The van der Waals surface area contributed by atoms with E-state index in [0.29, 0.717) is 13.2 Å². The molecule has 0 aromatic heterocycles. The van der Waals surface area contributed by atoms with Crippen molar-refractivity contribution in [2.45, 2.75) is 39.8 Å². The van der Waals surface area contributed by atoms with E-state index in [9.17, 15) is 0 Å². The lowest BCUT2D eigenvalue weighted by Crippen LogP contribution is -2.35. The smallest absolute Gasteiger partial charge is 0.166 e. The monoisotopic (exact) mass is 297 g/mol. The first-order valence-electron chi connectivity index (χ1n) is 6.85. The van der Waals surface area contributed by atoms with Gasteiger partial charge >= 0.3 is 0 Å². The number of nitrogens with one attached hydrogen (secondary N) is 1. The van der Waals surface area contributed by atoms with Gasteiger partial charge in [0.05, 0.1) is 6.61 Å². The molecule has 4 heteroatoms. The van der Waals surface area contributed by atoms with Crippen molar-refractivity contribution in [3.63, 3.8) is 0 Å². The predicted molar refractivity (Wildman–Crippen MR) is 84.7 cm³/mol. The Morgan fingerprint density at radius 1 is 1.25 bits per heavy atom. The number of ether oxygens (including phenoxy) is 2. The fourth-order valence-electron chi connectivity index (χ4n) is 1.66. The third-order valence-electron chi connectivity index (χ3n) is 2.58. The van der Waals surface area contributed by atoms with Gasteiger partial charge in [0.2, 0.25) is 0 Å². The zero-order chi connectivity index (χ0) is 15.0. The molecule has 0 saturated carbocycles. The Labute approximate surface area is 126 Å². The van der Waals surface area contributed by atoms with Crippen LogP contribution in [0.3, 0.4) is 0 Å². The molecule has 1 rings (SSSR count). The Morgan fingerprint density at radius 2 is 2.00 bits per heavy atom. The fourth-order valence-corrected chi connectivity index (χ4v) is 1.73. The maximum absolute atomic E-state index is 5.79. The zero-order valence-corrected chi connectivity index (χ0v) is 13.5. The molecule has 0 heterocycles. The molecule has 0 spiro atoms. The number of halogens is 1. The van der Waals surface area contributed by atoms with Gasteiger partial charge in [-0.1, -0.05) is 23.7 Å². The predicted octanol–water partition coefficient (Wildman–Crippen LogP) is 4.10. The van der Waals surface area contributed by atoms with Gasteiger partial charge in [-0.2, -0.15) is 0 Å². The van der Waals surface area contributed by atoms with Crippen LogP contribution in [-0.2, 0) is 6.54 Å². The van der Waals surface area contributed by atoms with Gasteiger partial charge < -0.3 is 14.8 Å². The summed E-state index contributed by atoms with van der Waals surface area (Å²) in [5.41, 5.74) is 2.58. The molecule has 0 unspecified atom stereocenters. The fraction of sp³-hybridized carbons (Fsp3) is 0.500. The summed E-state index contributed by atoms with van der Waals surface area (Å²) in [6, 6.07) is 5.94. The van der Waals surface area contributed by atoms with Gasteiger partial charge in [0.25, 0.3) is 0 Å². The Hall–Kier alpha value is -1.19. The van der Waals surface area contributed by atoms with Crippen molar-refractivity contribution < 1.29 is 9.47 Å². The van der Waals surface area contributed by atoms with E-state index < -0.39 is 0 Å². The molecule has 1 N–H and O–H groups in total. The van der Waals surface area contributed by atoms with Crippen LogP contribution in [0.15, 0.2) is 29.8 Å². The minimum atomic E-state index is 0.0505. The first kappa shape index (κ1) is 16.9. The van der Waals surface area contributed by atoms with Gasteiger partial charge in [-0.3, -0.25) is 0 Å². The van der Waals surface area contributed by atoms with Crippen LogP contribution in [0.5, 0.6) is 11.5 Å². The minimum absolute atomic E-state index is 0.0505. The molecule has 0 aliphatic heterocycles. The molecule has 3 nitrogen and oxygen atoms in total. The molecule has 1 aromatic carbocycles. The summed E-state index contributed by atoms with van der Waals surface area (Å²) in [5.74, 6) is 1.55. The van der Waals surface area contributed by atoms with E-state index in [1.54, 1.807) is 6.08 Å². The van der Waals surface area contributed by atoms with Crippen LogP contribution in [0.25, 0.3) is 0 Å². The van der Waals surface area contributed by atoms with E-state index in [0.717, 1.165) is 23.6 Å². The first-order chi connectivity index (χ1) is 9.48. The van der Waals surface area contributed by atoms with Crippen LogP contribution in [0.4, 0.5) is 0 Å². The van der Waals surface area contributed by atoms with Crippen LogP contribution in [-0.4, -0.2) is 18.8 Å². The van der Waals surface area contributed by atoms with E-state index in [4.69, 9.17) is 21.1 Å². The molecule has 20 heavy (non-hydrogen) atoms. The highest BCUT2D eigenvalue weighted by Gasteiger charge is 2.14. The summed E-state index contributed by atoms with van der Waals surface area (Å²) in [5, 5.41) is 3.46. The SMILES string of the molecule is CCOc1cccc(CNC(C)(C)C)c1OCC=CCl. The van der Waals surface area contributed by atoms with Crippen LogP contribution in [0.1, 0.15) is 33.3 Å². The lowest BCUT2D eigenvalue weighted by atomic mass is 10.1. The van der Waals surface area contributed by atoms with Gasteiger partial charge in [0, 0.05) is 23.2 Å². The number of hydrogen-bond donors (Lipinski definition) is 1. The highest BCUT2D eigenvalue weighted by atomic mass is 35.5. The van der Waals surface area contributed by atoms with Crippen molar-refractivity contribution in [2.24, 2.45) is 0 Å². The maximum atomic E-state index is 5.79. The van der Waals surface area contributed by atoms with Crippen molar-refractivity contribution in [1.29, 1.82) is 0 Å². The Balaban J connectivity index is 2.92. The van der Waals surface area contributed by atoms with E-state index in [-0.39, 0.29) is 5.54 Å². The molecule has 0 radical (unpaired) electrons. The molecule has 0 bridgehead atoms. The van der Waals surface area contributed by atoms with Gasteiger partial charge in [-0.05, 0) is 39.8 Å². The number of para-hydroxylation sites is 1. The average Bonchev–Trinajstić information content (AvgIpc) is 2.38. The molecule has 0 amide bonds. The van der Waals surface area contributed by atoms with Crippen molar-refractivity contribution in [3.8, 4) is 11.5 Å². The van der Waals surface area contributed by atoms with E-state index >= 15 is 0 Å². The molecule has 1 aromatic rings. The number of rotatable bonds is 7. The molecule has 0 aliphatic carbocycles. The second kappa shape index (κ2) is 8.18. The normalized spacial score (nSPS) is 11.8. The quantitative estimate of drug-likeness (QED) is 0.822. The maximum Gasteiger partial charge on any atom is 0.166 e. The highest BCUT2D eigenvalue weighted by Crippen LogP contribution is 2.31. The lowest BCUT2D eigenvalue weighted by Gasteiger charge is -2.22. The van der Waals surface area contributed by atoms with Crippen LogP contribution < -0.4 is 14.8 Å². The third kappa shape index (κ3) is 5.85. The molecule has 0 atom stereocenters. The highest BCUT2D eigenvalue weighted by molar-refractivity contribution is 6.25. The summed E-state index contributed by atoms with van der Waals surface area (Å²) in [7, 11) is 0. The summed E-state index contributed by atoms with van der Waals surface area (Å²) in [6.07, 6.45) is 1.76. The van der Waals surface area contributed by atoms with Crippen LogP contribution in [0, 0.1) is 0 Å². The summed E-state index contributed by atoms with van der Waals surface area (Å²) in [6.45, 7) is 10.1. The van der Waals surface area contributed by atoms with E-state index in [2.05, 4.69) is 26.1 Å². The Bertz CT molecular complexity index is 439. The third-order valence-corrected chi connectivity index (χ3v) is 2.76. The summed E-state index contributed by atoms with van der Waals surface area (Å²) < 4.78 is 11.4.